The summed E-state index contributed by atoms with van der Waals surface area (Å²) < 4.78 is 9.80. The van der Waals surface area contributed by atoms with Crippen molar-refractivity contribution >= 4 is 29.2 Å². The Hall–Kier alpha value is -2.97. The molecule has 0 aliphatic carbocycles. The molecule has 0 saturated carbocycles. The number of esters is 2. The molecule has 0 radical (unpaired) electrons. The molecular formula is C15H18N2O7. The van der Waals surface area contributed by atoms with Crippen molar-refractivity contribution in [2.45, 2.75) is 33.6 Å². The Morgan fingerprint density at radius 3 is 2.42 bits per heavy atom. The molecule has 1 amide bonds. The Morgan fingerprint density at radius 2 is 1.92 bits per heavy atom. The number of amides is 1. The average Bonchev–Trinajstić information content (AvgIpc) is 2.45. The van der Waals surface area contributed by atoms with Crippen molar-refractivity contribution in [2.24, 2.45) is 0 Å². The predicted octanol–water partition coefficient (Wildman–Crippen LogP) is 1.97. The van der Waals surface area contributed by atoms with Crippen LogP contribution in [0.1, 0.15) is 32.8 Å². The first-order valence-corrected chi connectivity index (χ1v) is 7.17. The van der Waals surface area contributed by atoms with Gasteiger partial charge in [0.05, 0.1) is 17.6 Å². The molecule has 130 valence electrons. The summed E-state index contributed by atoms with van der Waals surface area (Å²) in [5.41, 5.74) is -0.0869. The van der Waals surface area contributed by atoms with Gasteiger partial charge in [0.1, 0.15) is 11.4 Å². The topological polar surface area (TPSA) is 125 Å². The number of hydrogen-bond donors (Lipinski definition) is 1. The van der Waals surface area contributed by atoms with Crippen molar-refractivity contribution in [3.63, 3.8) is 0 Å². The van der Waals surface area contributed by atoms with Gasteiger partial charge in [-0.05, 0) is 25.0 Å². The van der Waals surface area contributed by atoms with Gasteiger partial charge in [-0.15, -0.1) is 0 Å². The zero-order chi connectivity index (χ0) is 18.3. The van der Waals surface area contributed by atoms with Gasteiger partial charge in [0, 0.05) is 20.3 Å². The number of ether oxygens (including phenoxy) is 2. The maximum Gasteiger partial charge on any atom is 0.308 e. The van der Waals surface area contributed by atoms with Crippen LogP contribution >= 0.6 is 0 Å². The molecule has 0 aliphatic heterocycles. The third-order valence-electron chi connectivity index (χ3n) is 2.84. The van der Waals surface area contributed by atoms with Gasteiger partial charge in [0.15, 0.2) is 0 Å². The third kappa shape index (κ3) is 5.67. The van der Waals surface area contributed by atoms with Crippen LogP contribution in [0.5, 0.6) is 5.75 Å². The van der Waals surface area contributed by atoms with Gasteiger partial charge in [0.25, 0.3) is 5.69 Å². The summed E-state index contributed by atoms with van der Waals surface area (Å²) >= 11 is 0. The smallest absolute Gasteiger partial charge is 0.308 e. The van der Waals surface area contributed by atoms with Gasteiger partial charge in [-0.2, -0.15) is 0 Å². The largest absolute Gasteiger partial charge is 0.466 e. The number of nitrogens with zero attached hydrogens (tertiary/aromatic N) is 1. The monoisotopic (exact) mass is 338 g/mol. The van der Waals surface area contributed by atoms with E-state index in [0.29, 0.717) is 5.56 Å². The first-order chi connectivity index (χ1) is 11.2. The first kappa shape index (κ1) is 19.1. The van der Waals surface area contributed by atoms with Crippen molar-refractivity contribution in [2.75, 3.05) is 11.9 Å². The van der Waals surface area contributed by atoms with E-state index < -0.39 is 28.5 Å². The second kappa shape index (κ2) is 8.61. The fraction of sp³-hybridized carbons (Fsp3) is 0.400. The fourth-order valence-electron chi connectivity index (χ4n) is 1.97. The fourth-order valence-corrected chi connectivity index (χ4v) is 1.97. The van der Waals surface area contributed by atoms with E-state index in [1.807, 2.05) is 0 Å². The number of nitro benzene ring substituents is 1. The van der Waals surface area contributed by atoms with Gasteiger partial charge in [-0.25, -0.2) is 0 Å². The van der Waals surface area contributed by atoms with E-state index in [9.17, 15) is 24.5 Å². The van der Waals surface area contributed by atoms with Gasteiger partial charge in [-0.3, -0.25) is 24.5 Å². The normalized spacial score (nSPS) is 9.96. The lowest BCUT2D eigenvalue weighted by molar-refractivity contribution is -0.384. The molecule has 0 heterocycles. The van der Waals surface area contributed by atoms with Crippen LogP contribution in [0.15, 0.2) is 12.1 Å². The van der Waals surface area contributed by atoms with Gasteiger partial charge in [-0.1, -0.05) is 0 Å². The van der Waals surface area contributed by atoms with Crippen molar-refractivity contribution in [3.8, 4) is 5.75 Å². The number of nitrogens with one attached hydrogen (secondary N) is 1. The molecule has 24 heavy (non-hydrogen) atoms. The van der Waals surface area contributed by atoms with Crippen molar-refractivity contribution < 1.29 is 28.8 Å². The molecule has 1 aromatic rings. The van der Waals surface area contributed by atoms with E-state index in [2.05, 4.69) is 5.32 Å². The highest BCUT2D eigenvalue weighted by atomic mass is 16.6. The summed E-state index contributed by atoms with van der Waals surface area (Å²) in [6, 6.07) is 2.37. The van der Waals surface area contributed by atoms with Crippen LogP contribution in [0, 0.1) is 10.1 Å². The van der Waals surface area contributed by atoms with Crippen molar-refractivity contribution in [1.82, 2.24) is 0 Å². The van der Waals surface area contributed by atoms with Crippen LogP contribution in [0.4, 0.5) is 11.4 Å². The third-order valence-corrected chi connectivity index (χ3v) is 2.84. The van der Waals surface area contributed by atoms with Crippen molar-refractivity contribution in [1.29, 1.82) is 0 Å². The Morgan fingerprint density at radius 1 is 1.25 bits per heavy atom. The van der Waals surface area contributed by atoms with Crippen LogP contribution < -0.4 is 10.1 Å². The Labute approximate surface area is 138 Å². The number of carbonyl (C=O) groups excluding carboxylic acids is 3. The lowest BCUT2D eigenvalue weighted by Crippen LogP contribution is -2.12. The number of rotatable bonds is 7. The summed E-state index contributed by atoms with van der Waals surface area (Å²) in [5, 5.41) is 13.5. The molecule has 0 saturated heterocycles. The molecule has 9 nitrogen and oxygen atoms in total. The van der Waals surface area contributed by atoms with E-state index in [-0.39, 0.29) is 30.9 Å². The van der Waals surface area contributed by atoms with E-state index >= 15 is 0 Å². The number of nitro groups is 1. The summed E-state index contributed by atoms with van der Waals surface area (Å²) in [6.45, 7) is 4.26. The van der Waals surface area contributed by atoms with E-state index in [1.54, 1.807) is 6.92 Å². The zero-order valence-electron chi connectivity index (χ0n) is 13.6. The van der Waals surface area contributed by atoms with E-state index in [0.717, 1.165) is 13.0 Å². The lowest BCUT2D eigenvalue weighted by atomic mass is 10.1. The summed E-state index contributed by atoms with van der Waals surface area (Å²) in [6.07, 6.45) is 0.130. The summed E-state index contributed by atoms with van der Waals surface area (Å²) in [5.74, 6) is -1.64. The van der Waals surface area contributed by atoms with E-state index in [1.165, 1.54) is 13.0 Å². The molecule has 0 aromatic heterocycles. The zero-order valence-corrected chi connectivity index (χ0v) is 13.6. The van der Waals surface area contributed by atoms with Crippen molar-refractivity contribution in [3.05, 3.63) is 27.8 Å². The minimum Gasteiger partial charge on any atom is -0.466 e. The van der Waals surface area contributed by atoms with Crippen LogP contribution in [0.3, 0.4) is 0 Å². The predicted molar refractivity (Wildman–Crippen MR) is 83.7 cm³/mol. The Kier molecular flexibility index (Phi) is 6.84. The minimum absolute atomic E-state index is 0.000568. The molecule has 0 bridgehead atoms. The molecule has 0 fully saturated rings. The molecule has 1 N–H and O–H groups in total. The summed E-state index contributed by atoms with van der Waals surface area (Å²) in [4.78, 5) is 44.3. The number of benzene rings is 1. The number of anilines is 1. The van der Waals surface area contributed by atoms with Crippen LogP contribution in [0.25, 0.3) is 0 Å². The standard InChI is InChI=1S/C15H18N2O7/c1-4-23-15(20)6-5-11-7-12(16-9(2)18)13(17(21)22)8-14(11)24-10(3)19/h7-8H,4-6H2,1-3H3,(H,16,18). The molecule has 0 spiro atoms. The average molecular weight is 338 g/mol. The Balaban J connectivity index is 3.24. The summed E-state index contributed by atoms with van der Waals surface area (Å²) in [7, 11) is 0. The highest BCUT2D eigenvalue weighted by Crippen LogP contribution is 2.34. The maximum atomic E-state index is 11.5. The molecule has 0 atom stereocenters. The quantitative estimate of drug-likeness (QED) is 0.349. The van der Waals surface area contributed by atoms with Gasteiger partial charge in [0.2, 0.25) is 5.91 Å². The molecule has 0 aliphatic rings. The minimum atomic E-state index is -0.701. The second-order valence-corrected chi connectivity index (χ2v) is 4.81. The molecular weight excluding hydrogens is 320 g/mol. The van der Waals surface area contributed by atoms with Gasteiger partial charge < -0.3 is 14.8 Å². The number of carbonyl (C=O) groups is 3. The lowest BCUT2D eigenvalue weighted by Gasteiger charge is -2.12. The number of hydrogen-bond acceptors (Lipinski definition) is 7. The molecule has 1 rings (SSSR count). The maximum absolute atomic E-state index is 11.5. The first-order valence-electron chi connectivity index (χ1n) is 7.17. The highest BCUT2D eigenvalue weighted by Gasteiger charge is 2.21. The number of aryl methyl sites for hydroxylation is 1. The van der Waals surface area contributed by atoms with Crippen LogP contribution in [-0.4, -0.2) is 29.4 Å². The molecule has 0 unspecified atom stereocenters. The second-order valence-electron chi connectivity index (χ2n) is 4.81. The van der Waals surface area contributed by atoms with Gasteiger partial charge >= 0.3 is 11.9 Å². The Bertz CT molecular complexity index is 670. The molecule has 1 aromatic carbocycles. The van der Waals surface area contributed by atoms with Crippen LogP contribution in [-0.2, 0) is 25.5 Å². The molecule has 9 heteroatoms. The van der Waals surface area contributed by atoms with Crippen LogP contribution in [0.2, 0.25) is 0 Å². The SMILES string of the molecule is CCOC(=O)CCc1cc(NC(C)=O)c([N+](=O)[O-])cc1OC(C)=O. The van der Waals surface area contributed by atoms with E-state index in [4.69, 9.17) is 9.47 Å². The highest BCUT2D eigenvalue weighted by molar-refractivity contribution is 5.92.